The molecule has 6 heteroatoms. The number of anilines is 1. The third-order valence-electron chi connectivity index (χ3n) is 7.92. The zero-order valence-electron chi connectivity index (χ0n) is 18.3. The molecular formula is C25H32N2O3S. The standard InChI is InChI=1S/C25H32N2O3S/c1-3-25(20-10-7-11-21(12-20)26-31(29,30)4-2)22-15-27(16-23(22)25)17-24(28)13-18-8-5-6-9-19(18)14-24/h5-12,22-23,26,28H,3-4,13-17H2,1-2H3. The first kappa shape index (κ1) is 21.0. The van der Waals surface area contributed by atoms with Gasteiger partial charge in [0.25, 0.3) is 0 Å². The SMILES string of the molecule is CCC1(c2cccc(NS(=O)(=O)CC)c2)C2CN(CC3(O)Cc4ccccc4C3)CC21. The molecule has 1 saturated carbocycles. The summed E-state index contributed by atoms with van der Waals surface area (Å²) in [6.07, 6.45) is 2.54. The highest BCUT2D eigenvalue weighted by molar-refractivity contribution is 7.92. The zero-order valence-corrected chi connectivity index (χ0v) is 19.2. The molecule has 0 spiro atoms. The van der Waals surface area contributed by atoms with Crippen LogP contribution in [0.25, 0.3) is 0 Å². The van der Waals surface area contributed by atoms with Crippen molar-refractivity contribution in [2.45, 2.75) is 44.1 Å². The molecule has 0 aromatic heterocycles. The van der Waals surface area contributed by atoms with Gasteiger partial charge in [0, 0.05) is 43.6 Å². The fourth-order valence-electron chi connectivity index (χ4n) is 6.43. The van der Waals surface area contributed by atoms with Crippen molar-refractivity contribution in [2.75, 3.05) is 30.1 Å². The summed E-state index contributed by atoms with van der Waals surface area (Å²) in [5.74, 6) is 1.22. The highest BCUT2D eigenvalue weighted by atomic mass is 32.2. The number of β-amino-alcohol motifs (C(OH)–C–C–N with tert-alkyl or cyclic N) is 1. The summed E-state index contributed by atoms with van der Waals surface area (Å²) in [6.45, 7) is 6.62. The summed E-state index contributed by atoms with van der Waals surface area (Å²) >= 11 is 0. The second kappa shape index (κ2) is 7.32. The highest BCUT2D eigenvalue weighted by Crippen LogP contribution is 2.65. The maximum atomic E-state index is 12.0. The number of sulfonamides is 1. The molecule has 5 rings (SSSR count). The van der Waals surface area contributed by atoms with Crippen molar-refractivity contribution < 1.29 is 13.5 Å². The molecule has 1 aliphatic heterocycles. The van der Waals surface area contributed by atoms with Gasteiger partial charge < -0.3 is 5.11 Å². The van der Waals surface area contributed by atoms with Crippen LogP contribution in [0.3, 0.4) is 0 Å². The predicted octanol–water partition coefficient (Wildman–Crippen LogP) is 3.19. The van der Waals surface area contributed by atoms with E-state index in [4.69, 9.17) is 0 Å². The fraction of sp³-hybridized carbons (Fsp3) is 0.520. The fourth-order valence-corrected chi connectivity index (χ4v) is 7.06. The quantitative estimate of drug-likeness (QED) is 0.694. The first-order chi connectivity index (χ1) is 14.8. The van der Waals surface area contributed by atoms with E-state index >= 15 is 0 Å². The maximum absolute atomic E-state index is 12.0. The molecule has 0 bridgehead atoms. The van der Waals surface area contributed by atoms with Crippen LogP contribution >= 0.6 is 0 Å². The van der Waals surface area contributed by atoms with Gasteiger partial charge in [0.1, 0.15) is 0 Å². The topological polar surface area (TPSA) is 69.6 Å². The van der Waals surface area contributed by atoms with Crippen LogP contribution in [0.4, 0.5) is 5.69 Å². The van der Waals surface area contributed by atoms with E-state index in [9.17, 15) is 13.5 Å². The number of likely N-dealkylation sites (tertiary alicyclic amines) is 1. The van der Waals surface area contributed by atoms with Crippen LogP contribution < -0.4 is 4.72 Å². The van der Waals surface area contributed by atoms with Crippen molar-refractivity contribution in [1.29, 1.82) is 0 Å². The maximum Gasteiger partial charge on any atom is 0.232 e. The van der Waals surface area contributed by atoms with Crippen LogP contribution in [0.2, 0.25) is 0 Å². The third-order valence-corrected chi connectivity index (χ3v) is 9.23. The van der Waals surface area contributed by atoms with Gasteiger partial charge in [0.05, 0.1) is 11.4 Å². The second-order valence-corrected chi connectivity index (χ2v) is 11.7. The molecule has 3 aliphatic rings. The van der Waals surface area contributed by atoms with Gasteiger partial charge in [-0.2, -0.15) is 0 Å². The Hall–Kier alpha value is -1.89. The van der Waals surface area contributed by atoms with Crippen molar-refractivity contribution in [3.63, 3.8) is 0 Å². The Kier molecular flexibility index (Phi) is 4.96. The Morgan fingerprint density at radius 1 is 1.03 bits per heavy atom. The van der Waals surface area contributed by atoms with E-state index in [1.807, 2.05) is 18.2 Å². The Balaban J connectivity index is 1.27. The molecule has 1 saturated heterocycles. The first-order valence-electron chi connectivity index (χ1n) is 11.4. The second-order valence-electron chi connectivity index (χ2n) is 9.73. The minimum atomic E-state index is -3.28. The summed E-state index contributed by atoms with van der Waals surface area (Å²) in [4.78, 5) is 2.44. The van der Waals surface area contributed by atoms with Crippen molar-refractivity contribution in [1.82, 2.24) is 4.90 Å². The summed E-state index contributed by atoms with van der Waals surface area (Å²) in [7, 11) is -3.28. The third kappa shape index (κ3) is 3.59. The van der Waals surface area contributed by atoms with E-state index in [2.05, 4.69) is 46.9 Å². The molecular weight excluding hydrogens is 408 g/mol. The molecule has 2 aliphatic carbocycles. The number of hydrogen-bond acceptors (Lipinski definition) is 4. The lowest BCUT2D eigenvalue weighted by Crippen LogP contribution is -2.45. The van der Waals surface area contributed by atoms with E-state index < -0.39 is 15.6 Å². The van der Waals surface area contributed by atoms with Crippen molar-refractivity contribution in [2.24, 2.45) is 11.8 Å². The summed E-state index contributed by atoms with van der Waals surface area (Å²) in [5.41, 5.74) is 3.94. The van der Waals surface area contributed by atoms with E-state index in [0.717, 1.165) is 38.9 Å². The lowest BCUT2D eigenvalue weighted by Gasteiger charge is -2.32. The van der Waals surface area contributed by atoms with Gasteiger partial charge in [-0.05, 0) is 54.0 Å². The Labute approximate surface area is 185 Å². The average molecular weight is 441 g/mol. The molecule has 166 valence electrons. The van der Waals surface area contributed by atoms with E-state index in [0.29, 0.717) is 17.5 Å². The van der Waals surface area contributed by atoms with Crippen molar-refractivity contribution in [3.05, 3.63) is 65.2 Å². The normalized spacial score (nSPS) is 28.9. The minimum absolute atomic E-state index is 0.0726. The average Bonchev–Trinajstić information content (AvgIpc) is 3.00. The smallest absolute Gasteiger partial charge is 0.232 e. The van der Waals surface area contributed by atoms with Gasteiger partial charge in [0.15, 0.2) is 0 Å². The van der Waals surface area contributed by atoms with Crippen LogP contribution in [0.1, 0.15) is 37.0 Å². The van der Waals surface area contributed by atoms with Gasteiger partial charge in [-0.25, -0.2) is 8.42 Å². The van der Waals surface area contributed by atoms with Crippen LogP contribution in [-0.2, 0) is 28.3 Å². The number of hydrogen-bond donors (Lipinski definition) is 2. The van der Waals surface area contributed by atoms with Crippen LogP contribution in [0.15, 0.2) is 48.5 Å². The molecule has 0 radical (unpaired) electrons. The van der Waals surface area contributed by atoms with Crippen LogP contribution in [0, 0.1) is 11.8 Å². The molecule has 2 N–H and O–H groups in total. The Morgan fingerprint density at radius 3 is 2.26 bits per heavy atom. The van der Waals surface area contributed by atoms with Gasteiger partial charge >= 0.3 is 0 Å². The molecule has 2 atom stereocenters. The van der Waals surface area contributed by atoms with E-state index in [-0.39, 0.29) is 11.2 Å². The summed E-state index contributed by atoms with van der Waals surface area (Å²) < 4.78 is 26.7. The number of piperidine rings is 1. The summed E-state index contributed by atoms with van der Waals surface area (Å²) in [6, 6.07) is 16.4. The number of aliphatic hydroxyl groups is 1. The molecule has 2 aromatic carbocycles. The number of rotatable bonds is 7. The van der Waals surface area contributed by atoms with Crippen LogP contribution in [-0.4, -0.2) is 49.4 Å². The molecule has 5 nitrogen and oxygen atoms in total. The molecule has 2 aromatic rings. The Morgan fingerprint density at radius 2 is 1.68 bits per heavy atom. The van der Waals surface area contributed by atoms with Gasteiger partial charge in [0.2, 0.25) is 10.0 Å². The molecule has 1 heterocycles. The first-order valence-corrected chi connectivity index (χ1v) is 13.1. The molecule has 2 unspecified atom stereocenters. The number of fused-ring (bicyclic) bond motifs is 2. The summed E-state index contributed by atoms with van der Waals surface area (Å²) in [5, 5.41) is 11.2. The molecule has 31 heavy (non-hydrogen) atoms. The highest BCUT2D eigenvalue weighted by Gasteiger charge is 2.67. The lowest BCUT2D eigenvalue weighted by atomic mass is 9.87. The predicted molar refractivity (Wildman–Crippen MR) is 124 cm³/mol. The lowest BCUT2D eigenvalue weighted by molar-refractivity contribution is 0.0139. The van der Waals surface area contributed by atoms with E-state index in [1.54, 1.807) is 6.92 Å². The Bertz CT molecular complexity index is 1060. The molecule has 0 amide bonds. The minimum Gasteiger partial charge on any atom is -0.388 e. The van der Waals surface area contributed by atoms with Gasteiger partial charge in [-0.15, -0.1) is 0 Å². The van der Waals surface area contributed by atoms with Crippen LogP contribution in [0.5, 0.6) is 0 Å². The van der Waals surface area contributed by atoms with Gasteiger partial charge in [-0.3, -0.25) is 9.62 Å². The van der Waals surface area contributed by atoms with Crippen molar-refractivity contribution >= 4 is 15.7 Å². The van der Waals surface area contributed by atoms with Gasteiger partial charge in [-0.1, -0.05) is 43.3 Å². The monoisotopic (exact) mass is 440 g/mol. The zero-order chi connectivity index (χ0) is 21.9. The molecule has 2 fully saturated rings. The number of nitrogens with one attached hydrogen (secondary N) is 1. The number of nitrogens with zero attached hydrogens (tertiary/aromatic N) is 1. The van der Waals surface area contributed by atoms with E-state index in [1.165, 1.54) is 16.7 Å². The largest absolute Gasteiger partial charge is 0.388 e. The van der Waals surface area contributed by atoms with Crippen molar-refractivity contribution in [3.8, 4) is 0 Å². The number of benzene rings is 2.